The van der Waals surface area contributed by atoms with Gasteiger partial charge in [0.2, 0.25) is 5.91 Å². The highest BCUT2D eigenvalue weighted by molar-refractivity contribution is 6.00. The lowest BCUT2D eigenvalue weighted by Gasteiger charge is -2.47. The van der Waals surface area contributed by atoms with E-state index in [0.29, 0.717) is 24.5 Å². The zero-order chi connectivity index (χ0) is 22.7. The van der Waals surface area contributed by atoms with Crippen LogP contribution in [0.4, 0.5) is 9.18 Å². The Morgan fingerprint density at radius 1 is 1.03 bits per heavy atom. The van der Waals surface area contributed by atoms with E-state index in [2.05, 4.69) is 5.32 Å². The monoisotopic (exact) mass is 441 g/mol. The van der Waals surface area contributed by atoms with Crippen molar-refractivity contribution in [2.75, 3.05) is 27.3 Å². The molecule has 2 heterocycles. The minimum Gasteiger partial charge on any atom is -0.493 e. The van der Waals surface area contributed by atoms with Gasteiger partial charge in [0.25, 0.3) is 0 Å². The van der Waals surface area contributed by atoms with Crippen LogP contribution in [0.3, 0.4) is 0 Å². The summed E-state index contributed by atoms with van der Waals surface area (Å²) in [6, 6.07) is 10.8. The van der Waals surface area contributed by atoms with E-state index < -0.39 is 6.04 Å². The van der Waals surface area contributed by atoms with Gasteiger partial charge in [-0.05, 0) is 61.2 Å². The minimum absolute atomic E-state index is 0.185. The summed E-state index contributed by atoms with van der Waals surface area (Å²) in [5, 5.41) is 3.30. The van der Waals surface area contributed by atoms with Gasteiger partial charge >= 0.3 is 6.03 Å². The van der Waals surface area contributed by atoms with Crippen LogP contribution in [0.2, 0.25) is 0 Å². The van der Waals surface area contributed by atoms with E-state index >= 15 is 0 Å². The summed E-state index contributed by atoms with van der Waals surface area (Å²) < 4.78 is 24.0. The first-order chi connectivity index (χ1) is 15.5. The number of methoxy groups -OCH3 is 2. The molecule has 0 radical (unpaired) electrons. The van der Waals surface area contributed by atoms with Gasteiger partial charge in [0.1, 0.15) is 11.9 Å². The normalized spacial score (nSPS) is 20.8. The topological polar surface area (TPSA) is 71.1 Å². The van der Waals surface area contributed by atoms with Crippen LogP contribution >= 0.6 is 0 Å². The molecule has 2 aromatic carbocycles. The van der Waals surface area contributed by atoms with Crippen molar-refractivity contribution in [1.82, 2.24) is 15.1 Å². The van der Waals surface area contributed by atoms with Crippen LogP contribution < -0.4 is 14.8 Å². The Bertz CT molecular complexity index is 982. The van der Waals surface area contributed by atoms with Gasteiger partial charge in [-0.15, -0.1) is 0 Å². The summed E-state index contributed by atoms with van der Waals surface area (Å²) in [5.41, 5.74) is 1.77. The standard InChI is InChI=1S/C24H28FN3O4/c1-31-20-10-7-16(14-21(20)32-2)11-13-27-23(29)22-19(4-3-12-26-22)28(24(27)30)15-17-5-8-18(25)9-6-17/h5-10,14,19,22,26H,3-4,11-13,15H2,1-2H3. The van der Waals surface area contributed by atoms with Gasteiger partial charge in [0.15, 0.2) is 11.5 Å². The molecular weight excluding hydrogens is 413 g/mol. The van der Waals surface area contributed by atoms with Crippen LogP contribution in [0.25, 0.3) is 0 Å². The molecule has 2 unspecified atom stereocenters. The number of rotatable bonds is 7. The molecule has 0 saturated carbocycles. The molecule has 4 rings (SSSR count). The molecular formula is C24H28FN3O4. The molecule has 2 aromatic rings. The second kappa shape index (κ2) is 9.56. The minimum atomic E-state index is -0.424. The number of carbonyl (C=O) groups is 2. The van der Waals surface area contributed by atoms with Gasteiger partial charge < -0.3 is 19.7 Å². The van der Waals surface area contributed by atoms with E-state index in [0.717, 1.165) is 30.5 Å². The van der Waals surface area contributed by atoms with E-state index in [1.807, 2.05) is 18.2 Å². The summed E-state index contributed by atoms with van der Waals surface area (Å²) in [6.07, 6.45) is 2.16. The van der Waals surface area contributed by atoms with E-state index in [9.17, 15) is 14.0 Å². The summed E-state index contributed by atoms with van der Waals surface area (Å²) >= 11 is 0. The quantitative estimate of drug-likeness (QED) is 0.715. The number of nitrogens with one attached hydrogen (secondary N) is 1. The molecule has 2 atom stereocenters. The lowest BCUT2D eigenvalue weighted by molar-refractivity contribution is -0.137. The maximum absolute atomic E-state index is 13.4. The fraction of sp³-hybridized carbons (Fsp3) is 0.417. The Morgan fingerprint density at radius 2 is 1.75 bits per heavy atom. The van der Waals surface area contributed by atoms with E-state index in [1.54, 1.807) is 31.3 Å². The first kappa shape index (κ1) is 22.1. The van der Waals surface area contributed by atoms with E-state index in [4.69, 9.17) is 9.47 Å². The molecule has 0 bridgehead atoms. The molecule has 1 N–H and O–H groups in total. The zero-order valence-corrected chi connectivity index (χ0v) is 18.3. The van der Waals surface area contributed by atoms with Crippen LogP contribution in [0.1, 0.15) is 24.0 Å². The fourth-order valence-corrected chi connectivity index (χ4v) is 4.47. The van der Waals surface area contributed by atoms with Gasteiger partial charge in [-0.1, -0.05) is 18.2 Å². The number of hydrogen-bond acceptors (Lipinski definition) is 5. The Labute approximate surface area is 187 Å². The van der Waals surface area contributed by atoms with Crippen molar-refractivity contribution in [3.05, 3.63) is 59.4 Å². The number of halogens is 1. The summed E-state index contributed by atoms with van der Waals surface area (Å²) in [5.74, 6) is 0.729. The van der Waals surface area contributed by atoms with Crippen molar-refractivity contribution in [3.63, 3.8) is 0 Å². The van der Waals surface area contributed by atoms with Crippen LogP contribution in [-0.2, 0) is 17.8 Å². The highest BCUT2D eigenvalue weighted by Crippen LogP contribution is 2.29. The van der Waals surface area contributed by atoms with Crippen molar-refractivity contribution in [1.29, 1.82) is 0 Å². The molecule has 2 saturated heterocycles. The van der Waals surface area contributed by atoms with Crippen molar-refractivity contribution >= 4 is 11.9 Å². The second-order valence-corrected chi connectivity index (χ2v) is 8.11. The predicted octanol–water partition coefficient (Wildman–Crippen LogP) is 2.97. The number of hydrogen-bond donors (Lipinski definition) is 1. The highest BCUT2D eigenvalue weighted by atomic mass is 19.1. The maximum Gasteiger partial charge on any atom is 0.327 e. The van der Waals surface area contributed by atoms with E-state index in [1.165, 1.54) is 17.0 Å². The molecule has 2 fully saturated rings. The largest absolute Gasteiger partial charge is 0.493 e. The Balaban J connectivity index is 1.54. The highest BCUT2D eigenvalue weighted by Gasteiger charge is 2.46. The third kappa shape index (κ3) is 4.41. The number of fused-ring (bicyclic) bond motifs is 1. The molecule has 0 spiro atoms. The molecule has 3 amide bonds. The van der Waals surface area contributed by atoms with Crippen molar-refractivity contribution < 1.29 is 23.5 Å². The second-order valence-electron chi connectivity index (χ2n) is 8.11. The number of urea groups is 1. The average molecular weight is 442 g/mol. The summed E-state index contributed by atoms with van der Waals surface area (Å²) in [6.45, 7) is 1.34. The summed E-state index contributed by atoms with van der Waals surface area (Å²) in [4.78, 5) is 29.7. The van der Waals surface area contributed by atoms with Gasteiger partial charge in [-0.2, -0.15) is 0 Å². The molecule has 32 heavy (non-hydrogen) atoms. The van der Waals surface area contributed by atoms with E-state index in [-0.39, 0.29) is 30.3 Å². The number of piperidine rings is 1. The number of nitrogens with zero attached hydrogens (tertiary/aromatic N) is 2. The van der Waals surface area contributed by atoms with Crippen LogP contribution in [0, 0.1) is 5.82 Å². The van der Waals surface area contributed by atoms with Gasteiger partial charge in [0, 0.05) is 13.1 Å². The maximum atomic E-state index is 13.4. The lowest BCUT2D eigenvalue weighted by Crippen LogP contribution is -2.69. The van der Waals surface area contributed by atoms with Crippen molar-refractivity contribution in [2.24, 2.45) is 0 Å². The predicted molar refractivity (Wildman–Crippen MR) is 117 cm³/mol. The molecule has 7 nitrogen and oxygen atoms in total. The number of imide groups is 1. The average Bonchev–Trinajstić information content (AvgIpc) is 2.82. The number of carbonyl (C=O) groups excluding carboxylic acids is 2. The van der Waals surface area contributed by atoms with Crippen LogP contribution in [-0.4, -0.2) is 61.1 Å². The molecule has 170 valence electrons. The first-order valence-electron chi connectivity index (χ1n) is 10.8. The smallest absolute Gasteiger partial charge is 0.327 e. The third-order valence-electron chi connectivity index (χ3n) is 6.17. The van der Waals surface area contributed by atoms with Gasteiger partial charge in [-0.3, -0.25) is 9.69 Å². The molecule has 0 aromatic heterocycles. The number of ether oxygens (including phenoxy) is 2. The molecule has 0 aliphatic carbocycles. The van der Waals surface area contributed by atoms with Crippen LogP contribution in [0.5, 0.6) is 11.5 Å². The van der Waals surface area contributed by atoms with Gasteiger partial charge in [-0.25, -0.2) is 9.18 Å². The summed E-state index contributed by atoms with van der Waals surface area (Å²) in [7, 11) is 3.15. The Hall–Kier alpha value is -3.13. The number of benzene rings is 2. The third-order valence-corrected chi connectivity index (χ3v) is 6.17. The molecule has 2 aliphatic heterocycles. The Morgan fingerprint density at radius 3 is 2.47 bits per heavy atom. The molecule has 8 heteroatoms. The SMILES string of the molecule is COc1ccc(CCN2C(=O)C3NCCCC3N(Cc3ccc(F)cc3)C2=O)cc1OC. The van der Waals surface area contributed by atoms with Crippen molar-refractivity contribution in [2.45, 2.75) is 37.9 Å². The lowest BCUT2D eigenvalue weighted by atomic mass is 9.93. The Kier molecular flexibility index (Phi) is 6.60. The van der Waals surface area contributed by atoms with Gasteiger partial charge in [0.05, 0.1) is 20.3 Å². The van der Waals surface area contributed by atoms with Crippen LogP contribution in [0.15, 0.2) is 42.5 Å². The number of amides is 3. The molecule has 2 aliphatic rings. The van der Waals surface area contributed by atoms with Crippen molar-refractivity contribution in [3.8, 4) is 11.5 Å². The fourth-order valence-electron chi connectivity index (χ4n) is 4.47. The zero-order valence-electron chi connectivity index (χ0n) is 18.3. The first-order valence-corrected chi connectivity index (χ1v) is 10.8.